The third-order valence-corrected chi connectivity index (χ3v) is 2.78. The molecule has 1 rings (SSSR count). The number of nitrogens with zero attached hydrogens (tertiary/aromatic N) is 2. The molecule has 0 atom stereocenters. The standard InChI is InChI=1S/C15H27N3O2/c1-5-8-13-17-14(16-7-3)12(4)15(18-13)20-11-10-19-9-6-2/h5-11H2,1-4H3,(H,16,17,18). The van der Waals surface area contributed by atoms with Gasteiger partial charge in [-0.25, -0.2) is 4.98 Å². The first-order valence-corrected chi connectivity index (χ1v) is 7.54. The van der Waals surface area contributed by atoms with Gasteiger partial charge in [0.05, 0.1) is 12.2 Å². The van der Waals surface area contributed by atoms with Crippen molar-refractivity contribution < 1.29 is 9.47 Å². The Morgan fingerprint density at radius 3 is 2.45 bits per heavy atom. The molecule has 0 saturated heterocycles. The highest BCUT2D eigenvalue weighted by Crippen LogP contribution is 2.22. The molecule has 114 valence electrons. The molecule has 0 unspecified atom stereocenters. The number of aryl methyl sites for hydroxylation is 1. The molecule has 0 radical (unpaired) electrons. The topological polar surface area (TPSA) is 56.3 Å². The molecule has 0 saturated carbocycles. The minimum atomic E-state index is 0.523. The molecule has 0 fully saturated rings. The van der Waals surface area contributed by atoms with Crippen LogP contribution in [0.3, 0.4) is 0 Å². The van der Waals surface area contributed by atoms with Crippen molar-refractivity contribution in [2.75, 3.05) is 31.7 Å². The van der Waals surface area contributed by atoms with E-state index in [9.17, 15) is 0 Å². The van der Waals surface area contributed by atoms with Gasteiger partial charge in [0, 0.05) is 19.6 Å². The van der Waals surface area contributed by atoms with Crippen LogP contribution in [0.4, 0.5) is 5.82 Å². The zero-order chi connectivity index (χ0) is 14.8. The van der Waals surface area contributed by atoms with Crippen LogP contribution in [0.5, 0.6) is 5.88 Å². The van der Waals surface area contributed by atoms with Gasteiger partial charge < -0.3 is 14.8 Å². The lowest BCUT2D eigenvalue weighted by atomic mass is 10.2. The number of hydrogen-bond donors (Lipinski definition) is 1. The highest BCUT2D eigenvalue weighted by molar-refractivity contribution is 5.48. The molecule has 0 aromatic carbocycles. The van der Waals surface area contributed by atoms with Gasteiger partial charge >= 0.3 is 0 Å². The second-order valence-electron chi connectivity index (χ2n) is 4.66. The molecule has 1 N–H and O–H groups in total. The zero-order valence-electron chi connectivity index (χ0n) is 13.2. The number of anilines is 1. The summed E-state index contributed by atoms with van der Waals surface area (Å²) in [6, 6.07) is 0. The maximum absolute atomic E-state index is 5.74. The Morgan fingerprint density at radius 2 is 1.80 bits per heavy atom. The molecule has 0 amide bonds. The van der Waals surface area contributed by atoms with Gasteiger partial charge in [0.1, 0.15) is 18.2 Å². The van der Waals surface area contributed by atoms with Crippen molar-refractivity contribution in [3.8, 4) is 5.88 Å². The summed E-state index contributed by atoms with van der Waals surface area (Å²) in [5, 5.41) is 3.26. The molecule has 1 aromatic rings. The van der Waals surface area contributed by atoms with Crippen LogP contribution in [0, 0.1) is 6.92 Å². The Morgan fingerprint density at radius 1 is 1.00 bits per heavy atom. The molecule has 1 aromatic heterocycles. The number of hydrogen-bond acceptors (Lipinski definition) is 5. The minimum absolute atomic E-state index is 0.523. The van der Waals surface area contributed by atoms with E-state index in [1.807, 2.05) is 6.92 Å². The second-order valence-corrected chi connectivity index (χ2v) is 4.66. The average Bonchev–Trinajstić information content (AvgIpc) is 2.43. The maximum Gasteiger partial charge on any atom is 0.221 e. The summed E-state index contributed by atoms with van der Waals surface area (Å²) in [5.41, 5.74) is 0.960. The number of rotatable bonds is 10. The molecule has 5 nitrogen and oxygen atoms in total. The van der Waals surface area contributed by atoms with Crippen molar-refractivity contribution in [1.82, 2.24) is 9.97 Å². The first-order chi connectivity index (χ1) is 9.72. The Balaban J connectivity index is 2.71. The normalized spacial score (nSPS) is 10.6. The van der Waals surface area contributed by atoms with E-state index in [4.69, 9.17) is 9.47 Å². The summed E-state index contributed by atoms with van der Waals surface area (Å²) >= 11 is 0. The maximum atomic E-state index is 5.74. The van der Waals surface area contributed by atoms with E-state index < -0.39 is 0 Å². The number of aromatic nitrogens is 2. The van der Waals surface area contributed by atoms with Crippen molar-refractivity contribution in [2.45, 2.75) is 47.0 Å². The zero-order valence-corrected chi connectivity index (χ0v) is 13.2. The van der Waals surface area contributed by atoms with E-state index in [1.54, 1.807) is 0 Å². The summed E-state index contributed by atoms with van der Waals surface area (Å²) in [6.45, 7) is 11.0. The van der Waals surface area contributed by atoms with E-state index in [0.717, 1.165) is 49.6 Å². The van der Waals surface area contributed by atoms with Gasteiger partial charge in [-0.05, 0) is 26.7 Å². The third kappa shape index (κ3) is 5.33. The highest BCUT2D eigenvalue weighted by atomic mass is 16.5. The molecule has 5 heteroatoms. The number of ether oxygens (including phenoxy) is 2. The second kappa shape index (κ2) is 9.53. The summed E-state index contributed by atoms with van der Waals surface area (Å²) in [7, 11) is 0. The largest absolute Gasteiger partial charge is 0.475 e. The van der Waals surface area contributed by atoms with Gasteiger partial charge in [0.15, 0.2) is 0 Å². The van der Waals surface area contributed by atoms with Crippen LogP contribution in [0.15, 0.2) is 0 Å². The lowest BCUT2D eigenvalue weighted by Crippen LogP contribution is -2.12. The Hall–Kier alpha value is -1.36. The van der Waals surface area contributed by atoms with Crippen LogP contribution in [0.2, 0.25) is 0 Å². The van der Waals surface area contributed by atoms with Crippen LogP contribution in [0.1, 0.15) is 45.0 Å². The molecular formula is C15H27N3O2. The van der Waals surface area contributed by atoms with Crippen molar-refractivity contribution in [1.29, 1.82) is 0 Å². The number of nitrogens with one attached hydrogen (secondary N) is 1. The average molecular weight is 281 g/mol. The quantitative estimate of drug-likeness (QED) is 0.668. The van der Waals surface area contributed by atoms with Crippen LogP contribution in [-0.2, 0) is 11.2 Å². The van der Waals surface area contributed by atoms with Crippen molar-refractivity contribution in [3.05, 3.63) is 11.4 Å². The van der Waals surface area contributed by atoms with Crippen LogP contribution >= 0.6 is 0 Å². The van der Waals surface area contributed by atoms with Gasteiger partial charge in [0.25, 0.3) is 0 Å². The molecule has 0 bridgehead atoms. The molecular weight excluding hydrogens is 254 g/mol. The van der Waals surface area contributed by atoms with E-state index in [2.05, 4.69) is 36.1 Å². The molecule has 1 heterocycles. The lowest BCUT2D eigenvalue weighted by molar-refractivity contribution is 0.0986. The predicted octanol–water partition coefficient (Wildman–Crippen LogP) is 2.97. The molecule has 0 aliphatic heterocycles. The highest BCUT2D eigenvalue weighted by Gasteiger charge is 2.11. The van der Waals surface area contributed by atoms with E-state index >= 15 is 0 Å². The smallest absolute Gasteiger partial charge is 0.221 e. The van der Waals surface area contributed by atoms with Crippen molar-refractivity contribution in [3.63, 3.8) is 0 Å². The van der Waals surface area contributed by atoms with Crippen LogP contribution < -0.4 is 10.1 Å². The van der Waals surface area contributed by atoms with Gasteiger partial charge in [-0.15, -0.1) is 0 Å². The molecule has 0 aliphatic carbocycles. The molecule has 0 aliphatic rings. The van der Waals surface area contributed by atoms with Crippen molar-refractivity contribution in [2.24, 2.45) is 0 Å². The minimum Gasteiger partial charge on any atom is -0.475 e. The summed E-state index contributed by atoms with van der Waals surface area (Å²) in [5.74, 6) is 2.37. The van der Waals surface area contributed by atoms with Crippen LogP contribution in [0.25, 0.3) is 0 Å². The summed E-state index contributed by atoms with van der Waals surface area (Å²) in [4.78, 5) is 9.03. The summed E-state index contributed by atoms with van der Waals surface area (Å²) < 4.78 is 11.2. The third-order valence-electron chi connectivity index (χ3n) is 2.78. The molecule has 20 heavy (non-hydrogen) atoms. The van der Waals surface area contributed by atoms with E-state index in [1.165, 1.54) is 0 Å². The van der Waals surface area contributed by atoms with Gasteiger partial charge in [0.2, 0.25) is 5.88 Å². The van der Waals surface area contributed by atoms with Gasteiger partial charge in [-0.1, -0.05) is 13.8 Å². The van der Waals surface area contributed by atoms with E-state index in [-0.39, 0.29) is 0 Å². The SMILES string of the molecule is CCCOCCOc1nc(CCC)nc(NCC)c1C. The first kappa shape index (κ1) is 16.7. The fourth-order valence-electron chi connectivity index (χ4n) is 1.80. The Kier molecular flexibility index (Phi) is 7.95. The lowest BCUT2D eigenvalue weighted by Gasteiger charge is -2.13. The fraction of sp³-hybridized carbons (Fsp3) is 0.733. The Bertz CT molecular complexity index is 397. The van der Waals surface area contributed by atoms with E-state index in [0.29, 0.717) is 19.1 Å². The first-order valence-electron chi connectivity index (χ1n) is 7.54. The summed E-state index contributed by atoms with van der Waals surface area (Å²) in [6.07, 6.45) is 2.91. The Labute approximate surface area is 122 Å². The predicted molar refractivity (Wildman–Crippen MR) is 81.5 cm³/mol. The fourth-order valence-corrected chi connectivity index (χ4v) is 1.80. The van der Waals surface area contributed by atoms with Gasteiger partial charge in [-0.3, -0.25) is 0 Å². The monoisotopic (exact) mass is 281 g/mol. The van der Waals surface area contributed by atoms with Gasteiger partial charge in [-0.2, -0.15) is 4.98 Å². The molecule has 0 spiro atoms. The van der Waals surface area contributed by atoms with Crippen LogP contribution in [-0.4, -0.2) is 36.3 Å². The van der Waals surface area contributed by atoms with Crippen molar-refractivity contribution >= 4 is 5.82 Å².